The molecular weight excluding hydrogens is 485 g/mol. The lowest BCUT2D eigenvalue weighted by Crippen LogP contribution is -2.38. The summed E-state index contributed by atoms with van der Waals surface area (Å²) in [5.41, 5.74) is 3.07. The van der Waals surface area contributed by atoms with Gasteiger partial charge in [0, 0.05) is 17.5 Å². The maximum atomic E-state index is 10.1. The molecule has 2 atom stereocenters. The van der Waals surface area contributed by atoms with Crippen molar-refractivity contribution < 1.29 is 14.4 Å². The Kier molecular flexibility index (Phi) is 12.6. The molecule has 3 aliphatic rings. The van der Waals surface area contributed by atoms with Crippen LogP contribution in [0.4, 0.5) is 0 Å². The van der Waals surface area contributed by atoms with Gasteiger partial charge in [0.25, 0.3) is 0 Å². The number of halogens is 2. The first-order valence-corrected chi connectivity index (χ1v) is 13.1. The number of hydrogen-bond acceptors (Lipinski definition) is 6. The molecule has 0 amide bonds. The van der Waals surface area contributed by atoms with Gasteiger partial charge < -0.3 is 24.6 Å². The predicted octanol–water partition coefficient (Wildman–Crippen LogP) is 5.41. The summed E-state index contributed by atoms with van der Waals surface area (Å²) in [6.07, 6.45) is 10.6. The predicted molar refractivity (Wildman–Crippen MR) is 147 cm³/mol. The van der Waals surface area contributed by atoms with Crippen LogP contribution in [0.5, 0.6) is 5.75 Å². The fourth-order valence-corrected chi connectivity index (χ4v) is 5.36. The Hall–Kier alpha value is -1.05. The summed E-state index contributed by atoms with van der Waals surface area (Å²) in [6, 6.07) is 4.22. The van der Waals surface area contributed by atoms with Crippen LogP contribution >= 0.6 is 24.8 Å². The normalized spacial score (nSPS) is 22.7. The maximum absolute atomic E-state index is 10.1. The molecule has 0 spiro atoms. The fraction of sp³-hybridized carbons (Fsp3) is 0.741. The van der Waals surface area contributed by atoms with E-state index in [1.54, 1.807) is 0 Å². The van der Waals surface area contributed by atoms with Crippen LogP contribution in [-0.2, 0) is 6.42 Å². The lowest BCUT2D eigenvalue weighted by molar-refractivity contribution is 0.0859. The molecule has 2 aromatic rings. The van der Waals surface area contributed by atoms with Crippen molar-refractivity contribution in [2.24, 2.45) is 17.8 Å². The van der Waals surface area contributed by atoms with E-state index in [9.17, 15) is 5.11 Å². The number of ether oxygens (including phenoxy) is 1. The molecule has 1 aromatic heterocycles. The average molecular weight is 531 g/mol. The molecular formula is C27H45Cl2N3O3. The van der Waals surface area contributed by atoms with Crippen LogP contribution in [0.25, 0.3) is 11.0 Å². The second-order valence-electron chi connectivity index (χ2n) is 10.5. The lowest BCUT2D eigenvalue weighted by Gasteiger charge is -2.34. The fourth-order valence-electron chi connectivity index (χ4n) is 5.36. The van der Waals surface area contributed by atoms with Gasteiger partial charge in [-0.1, -0.05) is 11.6 Å². The van der Waals surface area contributed by atoms with Crippen molar-refractivity contribution >= 4 is 35.8 Å². The molecule has 2 N–H and O–H groups in total. The number of nitrogens with zero attached hydrogens (tertiary/aromatic N) is 2. The highest BCUT2D eigenvalue weighted by Crippen LogP contribution is 2.34. The van der Waals surface area contributed by atoms with Crippen LogP contribution < -0.4 is 10.1 Å². The number of fused-ring (bicyclic) bond motifs is 1. The van der Waals surface area contributed by atoms with Gasteiger partial charge in [-0.2, -0.15) is 0 Å². The number of nitrogens with one attached hydrogen (secondary N) is 1. The Morgan fingerprint density at radius 1 is 1.06 bits per heavy atom. The number of aliphatic hydroxyl groups excluding tert-OH is 1. The molecule has 200 valence electrons. The molecule has 3 fully saturated rings. The zero-order valence-electron chi connectivity index (χ0n) is 21.6. The highest BCUT2D eigenvalue weighted by atomic mass is 35.5. The first-order chi connectivity index (χ1) is 16.1. The summed E-state index contributed by atoms with van der Waals surface area (Å²) in [6.45, 7) is 6.34. The lowest BCUT2D eigenvalue weighted by atomic mass is 9.90. The van der Waals surface area contributed by atoms with E-state index < -0.39 is 0 Å². The SMILES string of the molecule is CNC.Cc1c(OCC2CC2)ccc2c(CCC3CCN(CC4CCCC4O)CC3)noc12.Cl.Cl. The minimum atomic E-state index is -0.0637. The van der Waals surface area contributed by atoms with Gasteiger partial charge in [-0.3, -0.25) is 0 Å². The zero-order valence-corrected chi connectivity index (χ0v) is 23.3. The van der Waals surface area contributed by atoms with Crippen LogP contribution in [-0.4, -0.2) is 61.6 Å². The Morgan fingerprint density at radius 3 is 2.40 bits per heavy atom. The molecule has 2 unspecified atom stereocenters. The van der Waals surface area contributed by atoms with Gasteiger partial charge in [-0.15, -0.1) is 24.8 Å². The van der Waals surface area contributed by atoms with E-state index in [-0.39, 0.29) is 30.9 Å². The molecule has 35 heavy (non-hydrogen) atoms. The average Bonchev–Trinajstić information content (AvgIpc) is 3.42. The summed E-state index contributed by atoms with van der Waals surface area (Å²) >= 11 is 0. The van der Waals surface area contributed by atoms with E-state index in [1.165, 1.54) is 58.0 Å². The van der Waals surface area contributed by atoms with Crippen molar-refractivity contribution in [2.75, 3.05) is 40.3 Å². The molecule has 2 aliphatic carbocycles. The molecule has 1 saturated heterocycles. The number of aryl methyl sites for hydroxylation is 2. The van der Waals surface area contributed by atoms with E-state index in [4.69, 9.17) is 9.26 Å². The van der Waals surface area contributed by atoms with E-state index >= 15 is 0 Å². The minimum Gasteiger partial charge on any atom is -0.493 e. The third-order valence-corrected chi connectivity index (χ3v) is 7.69. The van der Waals surface area contributed by atoms with Crippen LogP contribution in [0.1, 0.15) is 62.6 Å². The van der Waals surface area contributed by atoms with Gasteiger partial charge in [0.1, 0.15) is 5.75 Å². The molecule has 2 saturated carbocycles. The summed E-state index contributed by atoms with van der Waals surface area (Å²) in [4.78, 5) is 2.58. The highest BCUT2D eigenvalue weighted by molar-refractivity contribution is 5.86. The molecule has 0 bridgehead atoms. The molecule has 0 radical (unpaired) electrons. The summed E-state index contributed by atoms with van der Waals surface area (Å²) < 4.78 is 11.7. The molecule has 5 rings (SSSR count). The number of aliphatic hydroxyl groups is 1. The zero-order chi connectivity index (χ0) is 23.2. The standard InChI is InChI=1S/C25H36N2O3.C2H7N.2ClH/c1-17-24(29-16-19-5-6-19)10-8-21-22(26-30-25(17)21)9-7-18-11-13-27(14-12-18)15-20-3-2-4-23(20)28;1-3-2;;/h8,10,18-20,23,28H,2-7,9,11-16H2,1H3;3H,1-2H3;2*1H. The third kappa shape index (κ3) is 8.22. The Labute approximate surface area is 223 Å². The van der Waals surface area contributed by atoms with Crippen molar-refractivity contribution in [3.8, 4) is 5.75 Å². The van der Waals surface area contributed by atoms with Gasteiger partial charge in [-0.05, 0) is 115 Å². The molecule has 1 aromatic carbocycles. The van der Waals surface area contributed by atoms with Gasteiger partial charge in [0.15, 0.2) is 5.58 Å². The maximum Gasteiger partial charge on any atom is 0.173 e. The largest absolute Gasteiger partial charge is 0.493 e. The topological polar surface area (TPSA) is 70.8 Å². The quantitative estimate of drug-likeness (QED) is 0.476. The Balaban J connectivity index is 0.000000823. The second kappa shape index (κ2) is 14.6. The van der Waals surface area contributed by atoms with E-state index in [0.717, 1.165) is 65.8 Å². The van der Waals surface area contributed by atoms with Crippen molar-refractivity contribution in [2.45, 2.75) is 70.8 Å². The number of likely N-dealkylation sites (tertiary alicyclic amines) is 1. The highest BCUT2D eigenvalue weighted by Gasteiger charge is 2.29. The first kappa shape index (κ1) is 30.2. The van der Waals surface area contributed by atoms with Crippen molar-refractivity contribution in [3.63, 3.8) is 0 Å². The van der Waals surface area contributed by atoms with Gasteiger partial charge in [-0.25, -0.2) is 0 Å². The Morgan fingerprint density at radius 2 is 1.77 bits per heavy atom. The van der Waals surface area contributed by atoms with E-state index in [1.807, 2.05) is 14.1 Å². The summed E-state index contributed by atoms with van der Waals surface area (Å²) in [7, 11) is 3.75. The van der Waals surface area contributed by atoms with Crippen LogP contribution in [0, 0.1) is 24.7 Å². The van der Waals surface area contributed by atoms with Gasteiger partial charge in [0.2, 0.25) is 0 Å². The molecule has 6 nitrogen and oxygen atoms in total. The van der Waals surface area contributed by atoms with E-state index in [0.29, 0.717) is 5.92 Å². The summed E-state index contributed by atoms with van der Waals surface area (Å²) in [5, 5.41) is 18.4. The first-order valence-electron chi connectivity index (χ1n) is 13.1. The van der Waals surface area contributed by atoms with Gasteiger partial charge >= 0.3 is 0 Å². The summed E-state index contributed by atoms with van der Waals surface area (Å²) in [5.74, 6) is 2.96. The van der Waals surface area contributed by atoms with Gasteiger partial charge in [0.05, 0.1) is 18.4 Å². The van der Waals surface area contributed by atoms with Crippen LogP contribution in [0.15, 0.2) is 16.7 Å². The number of hydrogen-bond donors (Lipinski definition) is 2. The minimum absolute atomic E-state index is 0. The van der Waals surface area contributed by atoms with E-state index in [2.05, 4.69) is 34.4 Å². The molecule has 2 heterocycles. The van der Waals surface area contributed by atoms with Crippen molar-refractivity contribution in [1.29, 1.82) is 0 Å². The molecule has 1 aliphatic heterocycles. The number of aromatic nitrogens is 1. The number of rotatable bonds is 8. The molecule has 8 heteroatoms. The third-order valence-electron chi connectivity index (χ3n) is 7.69. The monoisotopic (exact) mass is 529 g/mol. The van der Waals surface area contributed by atoms with Crippen molar-refractivity contribution in [3.05, 3.63) is 23.4 Å². The number of benzene rings is 1. The number of piperidine rings is 1. The van der Waals surface area contributed by atoms with Crippen molar-refractivity contribution in [1.82, 2.24) is 15.4 Å². The Bertz CT molecular complexity index is 882. The van der Waals surface area contributed by atoms with Crippen LogP contribution in [0.2, 0.25) is 0 Å². The van der Waals surface area contributed by atoms with Crippen LogP contribution in [0.3, 0.4) is 0 Å². The second-order valence-corrected chi connectivity index (χ2v) is 10.5. The smallest absolute Gasteiger partial charge is 0.173 e.